The molecule has 0 spiro atoms. The van der Waals surface area contributed by atoms with Gasteiger partial charge in [-0.2, -0.15) is 4.98 Å². The van der Waals surface area contributed by atoms with Crippen molar-refractivity contribution in [2.75, 3.05) is 67.1 Å². The summed E-state index contributed by atoms with van der Waals surface area (Å²) in [5.41, 5.74) is 8.61. The highest BCUT2D eigenvalue weighted by molar-refractivity contribution is 6.05. The number of hydrogen-bond donors (Lipinski definition) is 3. The largest absolute Gasteiger partial charge is 0.370 e. The first-order valence-electron chi connectivity index (χ1n) is 21.9. The van der Waals surface area contributed by atoms with E-state index in [0.29, 0.717) is 24.1 Å². The third-order valence-electron chi connectivity index (χ3n) is 12.5. The molecule has 2 aromatic carbocycles. The van der Waals surface area contributed by atoms with Crippen molar-refractivity contribution >= 4 is 46.1 Å². The summed E-state index contributed by atoms with van der Waals surface area (Å²) in [5.74, 6) is 1.02. The number of amides is 4. The smallest absolute Gasteiger partial charge is 0.329 e. The zero-order valence-corrected chi connectivity index (χ0v) is 36.5. The Morgan fingerprint density at radius 3 is 2.29 bits per heavy atom. The summed E-state index contributed by atoms with van der Waals surface area (Å²) in [6, 6.07) is 20.3. The third kappa shape index (κ3) is 8.98. The number of nitrogens with zero attached hydrogens (tertiary/aromatic N) is 9. The molecule has 3 aliphatic heterocycles. The van der Waals surface area contributed by atoms with Crippen LogP contribution in [0.25, 0.3) is 33.5 Å². The number of urea groups is 1. The number of aromatic amines is 1. The molecule has 16 heteroatoms. The molecule has 0 bridgehead atoms. The molecule has 16 nitrogen and oxygen atoms in total. The maximum atomic E-state index is 12.9. The molecule has 3 aliphatic rings. The molecule has 3 N–H and O–H groups in total. The molecule has 6 aromatic rings. The lowest BCUT2D eigenvalue weighted by Crippen LogP contribution is -2.50. The number of H-pyrrole nitrogens is 1. The second-order valence-corrected chi connectivity index (χ2v) is 18.0. The molecule has 0 radical (unpaired) electrons. The monoisotopic (exact) mass is 850 g/mol. The summed E-state index contributed by atoms with van der Waals surface area (Å²) in [5, 5.41) is 10.3. The summed E-state index contributed by atoms with van der Waals surface area (Å²) in [4.78, 5) is 67.3. The van der Waals surface area contributed by atoms with Crippen LogP contribution in [0.1, 0.15) is 80.6 Å². The molecule has 9 rings (SSSR count). The summed E-state index contributed by atoms with van der Waals surface area (Å²) in [6.07, 6.45) is 5.99. The Labute approximate surface area is 366 Å². The molecule has 1 atom stereocenters. The van der Waals surface area contributed by atoms with E-state index < -0.39 is 11.9 Å². The van der Waals surface area contributed by atoms with Crippen LogP contribution >= 0.6 is 0 Å². The number of piperazine rings is 1. The SMILES string of the molecule is Cc1cc(-c2ncnc3[nH]c(-c4ccc(N5CCN(CC6CCN(c7ccc(N8CCC(=O)NC8=O)nc7)CC6)CC5)cc4)cc23)ccc1[C@@H](C)NC(=O)c1nc(C(C)(C)C)no1. The number of nitrogens with one attached hydrogen (secondary N) is 3. The molecular weight excluding hydrogens is 797 g/mol. The van der Waals surface area contributed by atoms with E-state index in [0.717, 1.165) is 109 Å². The van der Waals surface area contributed by atoms with Crippen LogP contribution in [0.4, 0.5) is 22.0 Å². The fourth-order valence-corrected chi connectivity index (χ4v) is 8.88. The number of anilines is 3. The van der Waals surface area contributed by atoms with Gasteiger partial charge in [-0.05, 0) is 85.7 Å². The molecule has 4 amide bonds. The third-order valence-corrected chi connectivity index (χ3v) is 12.5. The highest BCUT2D eigenvalue weighted by Gasteiger charge is 2.28. The Morgan fingerprint density at radius 2 is 1.60 bits per heavy atom. The lowest BCUT2D eigenvalue weighted by Gasteiger charge is -2.40. The van der Waals surface area contributed by atoms with Crippen LogP contribution in [-0.4, -0.2) is 105 Å². The fraction of sp³-hybridized carbons (Fsp3) is 0.404. The van der Waals surface area contributed by atoms with E-state index in [4.69, 9.17) is 9.51 Å². The van der Waals surface area contributed by atoms with Gasteiger partial charge < -0.3 is 24.6 Å². The number of carbonyl (C=O) groups is 3. The summed E-state index contributed by atoms with van der Waals surface area (Å²) in [7, 11) is 0. The molecule has 63 heavy (non-hydrogen) atoms. The predicted octanol–water partition coefficient (Wildman–Crippen LogP) is 6.65. The lowest BCUT2D eigenvalue weighted by molar-refractivity contribution is -0.120. The molecule has 3 fully saturated rings. The molecule has 0 saturated carbocycles. The van der Waals surface area contributed by atoms with Gasteiger partial charge >= 0.3 is 17.8 Å². The van der Waals surface area contributed by atoms with Gasteiger partial charge in [0.25, 0.3) is 0 Å². The number of rotatable bonds is 10. The summed E-state index contributed by atoms with van der Waals surface area (Å²) < 4.78 is 5.25. The quantitative estimate of drug-likeness (QED) is 0.134. The predicted molar refractivity (Wildman–Crippen MR) is 242 cm³/mol. The van der Waals surface area contributed by atoms with Crippen molar-refractivity contribution in [3.8, 4) is 22.5 Å². The maximum absolute atomic E-state index is 12.9. The first-order valence-corrected chi connectivity index (χ1v) is 21.9. The van der Waals surface area contributed by atoms with Crippen LogP contribution in [0.3, 0.4) is 0 Å². The van der Waals surface area contributed by atoms with Crippen LogP contribution in [0.2, 0.25) is 0 Å². The van der Waals surface area contributed by atoms with Crippen molar-refractivity contribution < 1.29 is 18.9 Å². The molecule has 4 aromatic heterocycles. The lowest BCUT2D eigenvalue weighted by atomic mass is 9.95. The molecule has 3 saturated heterocycles. The Bertz CT molecular complexity index is 2620. The average Bonchev–Trinajstić information content (AvgIpc) is 3.97. The van der Waals surface area contributed by atoms with Crippen LogP contribution in [-0.2, 0) is 10.2 Å². The summed E-state index contributed by atoms with van der Waals surface area (Å²) >= 11 is 0. The van der Waals surface area contributed by atoms with Gasteiger partial charge in [-0.25, -0.2) is 19.7 Å². The number of aromatic nitrogens is 6. The van der Waals surface area contributed by atoms with E-state index in [2.05, 4.69) is 86.8 Å². The second-order valence-electron chi connectivity index (χ2n) is 18.0. The van der Waals surface area contributed by atoms with E-state index in [1.807, 2.05) is 65.1 Å². The van der Waals surface area contributed by atoms with Gasteiger partial charge in [0.1, 0.15) is 17.8 Å². The van der Waals surface area contributed by atoms with Crippen LogP contribution < -0.4 is 25.3 Å². The molecule has 326 valence electrons. The zero-order valence-electron chi connectivity index (χ0n) is 36.5. The van der Waals surface area contributed by atoms with Crippen LogP contribution in [0.5, 0.6) is 0 Å². The topological polar surface area (TPSA) is 182 Å². The van der Waals surface area contributed by atoms with Crippen molar-refractivity contribution in [2.24, 2.45) is 5.92 Å². The Morgan fingerprint density at radius 1 is 0.873 bits per heavy atom. The molecule has 0 aliphatic carbocycles. The first-order chi connectivity index (χ1) is 30.4. The Kier molecular flexibility index (Phi) is 11.4. The van der Waals surface area contributed by atoms with Gasteiger partial charge in [0, 0.05) is 86.5 Å². The summed E-state index contributed by atoms with van der Waals surface area (Å²) in [6.45, 7) is 17.4. The van der Waals surface area contributed by atoms with Crippen molar-refractivity contribution in [3.63, 3.8) is 0 Å². The van der Waals surface area contributed by atoms with Gasteiger partial charge in [0.05, 0.1) is 23.6 Å². The van der Waals surface area contributed by atoms with E-state index in [1.165, 1.54) is 10.6 Å². The number of pyridine rings is 1. The van der Waals surface area contributed by atoms with Crippen molar-refractivity contribution in [1.29, 1.82) is 0 Å². The first kappa shape index (κ1) is 41.7. The number of aryl methyl sites for hydroxylation is 1. The van der Waals surface area contributed by atoms with Gasteiger partial charge in [-0.1, -0.05) is 50.2 Å². The van der Waals surface area contributed by atoms with Gasteiger partial charge in [0.15, 0.2) is 5.82 Å². The molecule has 7 heterocycles. The van der Waals surface area contributed by atoms with E-state index in [-0.39, 0.29) is 29.7 Å². The van der Waals surface area contributed by atoms with Gasteiger partial charge in [-0.15, -0.1) is 0 Å². The molecular formula is C47H54N12O4. The number of benzene rings is 2. The minimum Gasteiger partial charge on any atom is -0.370 e. The average molecular weight is 851 g/mol. The minimum atomic E-state index is -0.412. The van der Waals surface area contributed by atoms with Crippen LogP contribution in [0, 0.1) is 12.8 Å². The van der Waals surface area contributed by atoms with E-state index in [9.17, 15) is 14.4 Å². The fourth-order valence-electron chi connectivity index (χ4n) is 8.88. The highest BCUT2D eigenvalue weighted by Crippen LogP contribution is 2.33. The number of piperidine rings is 1. The van der Waals surface area contributed by atoms with Gasteiger partial charge in [0.2, 0.25) is 5.91 Å². The number of carbonyl (C=O) groups excluding carboxylic acids is 3. The van der Waals surface area contributed by atoms with Crippen molar-refractivity contribution in [3.05, 3.63) is 96.0 Å². The highest BCUT2D eigenvalue weighted by atomic mass is 16.5. The molecule has 0 unspecified atom stereocenters. The van der Waals surface area contributed by atoms with E-state index in [1.54, 1.807) is 6.33 Å². The minimum absolute atomic E-state index is 0.0467. The number of fused-ring (bicyclic) bond motifs is 1. The van der Waals surface area contributed by atoms with E-state index >= 15 is 0 Å². The normalized spacial score (nSPS) is 17.3. The maximum Gasteiger partial charge on any atom is 0.329 e. The number of imide groups is 1. The zero-order chi connectivity index (χ0) is 43.8. The van der Waals surface area contributed by atoms with Crippen molar-refractivity contribution in [2.45, 2.75) is 65.3 Å². The van der Waals surface area contributed by atoms with Gasteiger partial charge in [-0.3, -0.25) is 24.7 Å². The number of hydrogen-bond acceptors (Lipinski definition) is 12. The van der Waals surface area contributed by atoms with Crippen LogP contribution in [0.15, 0.2) is 77.7 Å². The van der Waals surface area contributed by atoms with Crippen molar-refractivity contribution in [1.82, 2.24) is 45.6 Å². The standard InChI is InChI=1S/C47H54N12O4/c1-29-24-33(8-12-36(29)30(2)51-43(61)44-54-45(55-63-44)47(3,4)5)41-37-25-38(52-42(37)50-28-49-41)32-6-9-34(10-7-32)58-22-20-56(21-23-58)27-31-14-17-57(18-15-31)35-11-13-39(48-26-35)59-19-16-40(60)53-46(59)62/h6-13,24-26,28,30-31H,14-23,27H2,1-5H3,(H,51,61)(H,49,50,52)(H,53,60,62)/t30-/m1/s1. The second kappa shape index (κ2) is 17.2. The Hall–Kier alpha value is -6.68. The Balaban J connectivity index is 0.768.